The van der Waals surface area contributed by atoms with Crippen molar-refractivity contribution in [2.75, 3.05) is 0 Å². The quantitative estimate of drug-likeness (QED) is 0.555. The molecule has 0 aliphatic heterocycles. The van der Waals surface area contributed by atoms with E-state index in [2.05, 4.69) is 4.37 Å². The maximum absolute atomic E-state index is 5.54. The van der Waals surface area contributed by atoms with Crippen LogP contribution in [0.25, 0.3) is 0 Å². The van der Waals surface area contributed by atoms with Crippen LogP contribution in [0.4, 0.5) is 0 Å². The van der Waals surface area contributed by atoms with Gasteiger partial charge in [0.15, 0.2) is 0 Å². The Hall–Kier alpha value is -0.0800. The molecule has 8 heavy (non-hydrogen) atoms. The van der Waals surface area contributed by atoms with Crippen LogP contribution in [0.2, 0.25) is 0 Å². The number of nitrogens with zero attached hydrogens (tertiary/aromatic N) is 1. The summed E-state index contributed by atoms with van der Waals surface area (Å²) in [6, 6.07) is 0. The monoisotopic (exact) mass is 147 g/mol. The lowest BCUT2D eigenvalue weighted by Gasteiger charge is -1.83. The zero-order chi connectivity index (χ0) is 5.98. The Bertz CT molecular complexity index is 173. The van der Waals surface area contributed by atoms with Crippen molar-refractivity contribution in [3.8, 4) is 0 Å². The first-order valence-electron chi connectivity index (χ1n) is 2.30. The second kappa shape index (κ2) is 2.46. The van der Waals surface area contributed by atoms with E-state index >= 15 is 0 Å². The first-order valence-corrected chi connectivity index (χ1v) is 3.61. The summed E-state index contributed by atoms with van der Waals surface area (Å²) in [5.41, 5.74) is 1.20. The van der Waals surface area contributed by atoms with E-state index in [4.69, 9.17) is 11.6 Å². The predicted octanol–water partition coefficient (Wildman–Crippen LogP) is 2.19. The summed E-state index contributed by atoms with van der Waals surface area (Å²) in [4.78, 5) is 1.17. The summed E-state index contributed by atoms with van der Waals surface area (Å²) in [6.07, 6.45) is 1.84. The molecule has 0 unspecified atom stereocenters. The van der Waals surface area contributed by atoms with Crippen LogP contribution in [0.1, 0.15) is 10.4 Å². The first-order chi connectivity index (χ1) is 3.84. The van der Waals surface area contributed by atoms with E-state index in [0.29, 0.717) is 5.88 Å². The van der Waals surface area contributed by atoms with Crippen molar-refractivity contribution < 1.29 is 0 Å². The topological polar surface area (TPSA) is 12.9 Å². The van der Waals surface area contributed by atoms with Crippen LogP contribution in [0.3, 0.4) is 0 Å². The summed E-state index contributed by atoms with van der Waals surface area (Å²) >= 11 is 7.01. The van der Waals surface area contributed by atoms with Crippen molar-refractivity contribution in [1.82, 2.24) is 4.37 Å². The molecule has 0 bridgehead atoms. The molecule has 0 spiro atoms. The number of halogens is 1. The fourth-order valence-corrected chi connectivity index (χ4v) is 1.38. The van der Waals surface area contributed by atoms with Gasteiger partial charge in [-0.05, 0) is 24.0 Å². The molecule has 3 heteroatoms. The Labute approximate surface area is 57.5 Å². The Morgan fingerprint density at radius 2 is 2.62 bits per heavy atom. The predicted molar refractivity (Wildman–Crippen MR) is 36.4 cm³/mol. The summed E-state index contributed by atoms with van der Waals surface area (Å²) in [6.45, 7) is 2.02. The van der Waals surface area contributed by atoms with Gasteiger partial charge in [0.2, 0.25) is 0 Å². The summed E-state index contributed by atoms with van der Waals surface area (Å²) in [5, 5.41) is 0. The van der Waals surface area contributed by atoms with Crippen LogP contribution in [0, 0.1) is 6.92 Å². The standard InChI is InChI=1S/C5H6ClNS/c1-4-3-7-8-5(4)2-6/h3H,2H2,1H3. The molecule has 0 saturated heterocycles. The van der Waals surface area contributed by atoms with Crippen LogP contribution in [-0.4, -0.2) is 4.37 Å². The van der Waals surface area contributed by atoms with Gasteiger partial charge in [0.1, 0.15) is 0 Å². The molecule has 0 fully saturated rings. The molecule has 1 nitrogen and oxygen atoms in total. The van der Waals surface area contributed by atoms with E-state index in [9.17, 15) is 0 Å². The lowest BCUT2D eigenvalue weighted by molar-refractivity contribution is 1.37. The molecule has 0 atom stereocenters. The molecule has 1 aromatic rings. The van der Waals surface area contributed by atoms with Gasteiger partial charge in [0.25, 0.3) is 0 Å². The van der Waals surface area contributed by atoms with Gasteiger partial charge < -0.3 is 0 Å². The van der Waals surface area contributed by atoms with Gasteiger partial charge in [-0.15, -0.1) is 11.6 Å². The fraction of sp³-hybridized carbons (Fsp3) is 0.400. The van der Waals surface area contributed by atoms with Crippen molar-refractivity contribution in [1.29, 1.82) is 0 Å². The number of aryl methyl sites for hydroxylation is 1. The van der Waals surface area contributed by atoms with Crippen LogP contribution in [0.5, 0.6) is 0 Å². The van der Waals surface area contributed by atoms with Gasteiger partial charge in [-0.3, -0.25) is 0 Å². The fourth-order valence-electron chi connectivity index (χ4n) is 0.443. The minimum atomic E-state index is 0.594. The number of rotatable bonds is 1. The van der Waals surface area contributed by atoms with Gasteiger partial charge in [-0.2, -0.15) is 0 Å². The smallest absolute Gasteiger partial charge is 0.0586 e. The summed E-state index contributed by atoms with van der Waals surface area (Å²) in [5.74, 6) is 0.594. The van der Waals surface area contributed by atoms with Crippen molar-refractivity contribution in [3.05, 3.63) is 16.6 Å². The van der Waals surface area contributed by atoms with Gasteiger partial charge in [-0.1, -0.05) is 0 Å². The highest BCUT2D eigenvalue weighted by molar-refractivity contribution is 7.06. The summed E-state index contributed by atoms with van der Waals surface area (Å²) < 4.78 is 3.95. The zero-order valence-electron chi connectivity index (χ0n) is 4.52. The van der Waals surface area contributed by atoms with Crippen LogP contribution in [0.15, 0.2) is 6.20 Å². The molecule has 0 aromatic carbocycles. The largest absolute Gasteiger partial charge is 0.201 e. The van der Waals surface area contributed by atoms with Crippen LogP contribution >= 0.6 is 23.1 Å². The maximum atomic E-state index is 5.54. The number of hydrogen-bond acceptors (Lipinski definition) is 2. The Balaban J connectivity index is 2.92. The summed E-state index contributed by atoms with van der Waals surface area (Å²) in [7, 11) is 0. The second-order valence-electron chi connectivity index (χ2n) is 1.57. The van der Waals surface area contributed by atoms with Crippen LogP contribution < -0.4 is 0 Å². The molecule has 0 amide bonds. The third-order valence-electron chi connectivity index (χ3n) is 0.970. The number of alkyl halides is 1. The first kappa shape index (κ1) is 6.05. The Kier molecular flexibility index (Phi) is 1.86. The van der Waals surface area contributed by atoms with Gasteiger partial charge in [-0.25, -0.2) is 4.37 Å². The van der Waals surface area contributed by atoms with Crippen molar-refractivity contribution >= 4 is 23.1 Å². The third-order valence-corrected chi connectivity index (χ3v) is 2.29. The van der Waals surface area contributed by atoms with E-state index in [1.807, 2.05) is 13.1 Å². The van der Waals surface area contributed by atoms with E-state index in [-0.39, 0.29) is 0 Å². The lowest BCUT2D eigenvalue weighted by Crippen LogP contribution is -1.70. The molecule has 1 heterocycles. The maximum Gasteiger partial charge on any atom is 0.0586 e. The highest BCUT2D eigenvalue weighted by Gasteiger charge is 1.95. The molecular formula is C5H6ClNS. The van der Waals surface area contributed by atoms with Crippen molar-refractivity contribution in [3.63, 3.8) is 0 Å². The molecule has 1 rings (SSSR count). The van der Waals surface area contributed by atoms with E-state index in [1.54, 1.807) is 0 Å². The molecule has 0 saturated carbocycles. The van der Waals surface area contributed by atoms with Crippen molar-refractivity contribution in [2.24, 2.45) is 0 Å². The van der Waals surface area contributed by atoms with Crippen molar-refractivity contribution in [2.45, 2.75) is 12.8 Å². The molecule has 44 valence electrons. The highest BCUT2D eigenvalue weighted by Crippen LogP contribution is 2.13. The molecule has 0 aliphatic carbocycles. The highest BCUT2D eigenvalue weighted by atomic mass is 35.5. The normalized spacial score (nSPS) is 9.75. The molecule has 0 N–H and O–H groups in total. The average Bonchev–Trinajstić information content (AvgIpc) is 2.14. The van der Waals surface area contributed by atoms with Crippen LogP contribution in [-0.2, 0) is 5.88 Å². The molecule has 0 radical (unpaired) electrons. The Morgan fingerprint density at radius 1 is 1.88 bits per heavy atom. The SMILES string of the molecule is Cc1cnsc1CCl. The minimum absolute atomic E-state index is 0.594. The Morgan fingerprint density at radius 3 is 2.88 bits per heavy atom. The molecular weight excluding hydrogens is 142 g/mol. The number of hydrogen-bond donors (Lipinski definition) is 0. The zero-order valence-corrected chi connectivity index (χ0v) is 6.09. The second-order valence-corrected chi connectivity index (χ2v) is 2.72. The number of aromatic nitrogens is 1. The van der Waals surface area contributed by atoms with E-state index in [0.717, 1.165) is 0 Å². The van der Waals surface area contributed by atoms with Gasteiger partial charge in [0.05, 0.1) is 5.88 Å². The lowest BCUT2D eigenvalue weighted by atomic mass is 10.3. The van der Waals surface area contributed by atoms with E-state index in [1.165, 1.54) is 22.0 Å². The third kappa shape index (κ3) is 1.01. The molecule has 0 aliphatic rings. The van der Waals surface area contributed by atoms with Gasteiger partial charge in [0, 0.05) is 11.1 Å². The molecule has 1 aromatic heterocycles. The van der Waals surface area contributed by atoms with Gasteiger partial charge >= 0.3 is 0 Å². The minimum Gasteiger partial charge on any atom is -0.201 e. The average molecular weight is 148 g/mol. The van der Waals surface area contributed by atoms with E-state index < -0.39 is 0 Å².